The number of halogens is 1. The summed E-state index contributed by atoms with van der Waals surface area (Å²) in [5, 5.41) is 5.41. The Morgan fingerprint density at radius 2 is 1.58 bits per heavy atom. The molecule has 3 aromatic carbocycles. The Hall–Kier alpha value is -4.26. The summed E-state index contributed by atoms with van der Waals surface area (Å²) in [6.45, 7) is 1.27. The van der Waals surface area contributed by atoms with E-state index < -0.39 is 23.6 Å². The fraction of sp³-hybridized carbons (Fsp3) is 0.0417. The van der Waals surface area contributed by atoms with E-state index in [1.54, 1.807) is 54.6 Å². The summed E-state index contributed by atoms with van der Waals surface area (Å²) in [5.41, 5.74) is 1.61. The Bertz CT molecular complexity index is 1160. The number of nitrogens with one attached hydrogen (secondary N) is 2. The predicted molar refractivity (Wildman–Crippen MR) is 116 cm³/mol. The molecule has 6 nitrogen and oxygen atoms in total. The number of carbonyl (C=O) groups excluding carboxylic acids is 3. The molecule has 0 saturated carbocycles. The SMILES string of the molecule is CC(=O)Oc1cccc(C(=O)Nc2ccccc2NC(=O)/C=C/c2cccc(F)c2)c1. The molecule has 0 atom stereocenters. The Labute approximate surface area is 178 Å². The summed E-state index contributed by atoms with van der Waals surface area (Å²) in [7, 11) is 0. The summed E-state index contributed by atoms with van der Waals surface area (Å²) < 4.78 is 18.2. The first-order chi connectivity index (χ1) is 14.9. The van der Waals surface area contributed by atoms with Gasteiger partial charge in [-0.2, -0.15) is 0 Å². The van der Waals surface area contributed by atoms with Crippen molar-refractivity contribution >= 4 is 35.2 Å². The van der Waals surface area contributed by atoms with Crippen molar-refractivity contribution in [2.24, 2.45) is 0 Å². The molecule has 0 aromatic heterocycles. The molecule has 7 heteroatoms. The van der Waals surface area contributed by atoms with Crippen LogP contribution in [0.1, 0.15) is 22.8 Å². The molecular weight excluding hydrogens is 399 g/mol. The highest BCUT2D eigenvalue weighted by Gasteiger charge is 2.11. The third-order valence-corrected chi connectivity index (χ3v) is 4.07. The molecule has 3 aromatic rings. The van der Waals surface area contributed by atoms with Crippen LogP contribution in [0.25, 0.3) is 6.08 Å². The quantitative estimate of drug-likeness (QED) is 0.347. The first kappa shape index (κ1) is 21.4. The number of hydrogen-bond acceptors (Lipinski definition) is 4. The van der Waals surface area contributed by atoms with Gasteiger partial charge in [0.25, 0.3) is 5.91 Å². The van der Waals surface area contributed by atoms with Gasteiger partial charge in [-0.25, -0.2) is 4.39 Å². The molecule has 3 rings (SSSR count). The van der Waals surface area contributed by atoms with E-state index in [4.69, 9.17) is 4.74 Å². The Morgan fingerprint density at radius 3 is 2.29 bits per heavy atom. The number of carbonyl (C=O) groups is 3. The Balaban J connectivity index is 1.71. The minimum Gasteiger partial charge on any atom is -0.427 e. The number of esters is 1. The van der Waals surface area contributed by atoms with Crippen molar-refractivity contribution in [3.05, 3.63) is 95.8 Å². The van der Waals surface area contributed by atoms with Gasteiger partial charge >= 0.3 is 5.97 Å². The van der Waals surface area contributed by atoms with Gasteiger partial charge in [-0.1, -0.05) is 30.3 Å². The Morgan fingerprint density at radius 1 is 0.871 bits per heavy atom. The Kier molecular flexibility index (Phi) is 6.90. The van der Waals surface area contributed by atoms with Crippen LogP contribution in [0.15, 0.2) is 78.9 Å². The topological polar surface area (TPSA) is 84.5 Å². The maximum absolute atomic E-state index is 13.2. The van der Waals surface area contributed by atoms with E-state index in [1.165, 1.54) is 37.3 Å². The fourth-order valence-electron chi connectivity index (χ4n) is 2.72. The lowest BCUT2D eigenvalue weighted by Gasteiger charge is -2.12. The second-order valence-electron chi connectivity index (χ2n) is 6.50. The van der Waals surface area contributed by atoms with Crippen LogP contribution in [0, 0.1) is 5.82 Å². The van der Waals surface area contributed by atoms with Gasteiger partial charge in [-0.15, -0.1) is 0 Å². The van der Waals surface area contributed by atoms with Crippen molar-refractivity contribution in [1.29, 1.82) is 0 Å². The number of anilines is 2. The minimum atomic E-state index is -0.489. The van der Waals surface area contributed by atoms with E-state index in [9.17, 15) is 18.8 Å². The van der Waals surface area contributed by atoms with Crippen LogP contribution in [0.5, 0.6) is 5.75 Å². The molecule has 0 saturated heterocycles. The zero-order valence-corrected chi connectivity index (χ0v) is 16.6. The van der Waals surface area contributed by atoms with Crippen LogP contribution in [0.4, 0.5) is 15.8 Å². The minimum absolute atomic E-state index is 0.254. The number of hydrogen-bond donors (Lipinski definition) is 2. The van der Waals surface area contributed by atoms with Gasteiger partial charge in [0.15, 0.2) is 0 Å². The average molecular weight is 418 g/mol. The van der Waals surface area contributed by atoms with Crippen LogP contribution in [-0.2, 0) is 9.59 Å². The van der Waals surface area contributed by atoms with Gasteiger partial charge in [0.05, 0.1) is 11.4 Å². The summed E-state index contributed by atoms with van der Waals surface area (Å²) in [4.78, 5) is 36.0. The summed E-state index contributed by atoms with van der Waals surface area (Å²) in [5.74, 6) is -1.51. The van der Waals surface area contributed by atoms with Crippen molar-refractivity contribution < 1.29 is 23.5 Å². The summed E-state index contributed by atoms with van der Waals surface area (Å²) >= 11 is 0. The van der Waals surface area contributed by atoms with Crippen LogP contribution < -0.4 is 15.4 Å². The first-order valence-electron chi connectivity index (χ1n) is 9.34. The number of benzene rings is 3. The molecule has 31 heavy (non-hydrogen) atoms. The lowest BCUT2D eigenvalue weighted by molar-refractivity contribution is -0.131. The predicted octanol–water partition coefficient (Wildman–Crippen LogP) is 4.66. The van der Waals surface area contributed by atoms with E-state index in [0.29, 0.717) is 16.9 Å². The second kappa shape index (κ2) is 9.98. The van der Waals surface area contributed by atoms with Crippen LogP contribution in [0.3, 0.4) is 0 Å². The molecule has 0 heterocycles. The van der Waals surface area contributed by atoms with Crippen molar-refractivity contribution in [1.82, 2.24) is 0 Å². The van der Waals surface area contributed by atoms with E-state index in [2.05, 4.69) is 10.6 Å². The van der Waals surface area contributed by atoms with Crippen molar-refractivity contribution in [3.8, 4) is 5.75 Å². The third-order valence-electron chi connectivity index (χ3n) is 4.07. The number of rotatable bonds is 6. The summed E-state index contributed by atoms with van der Waals surface area (Å²) in [6, 6.07) is 18.7. The molecular formula is C24H19FN2O4. The van der Waals surface area contributed by atoms with Crippen molar-refractivity contribution in [3.63, 3.8) is 0 Å². The zero-order valence-electron chi connectivity index (χ0n) is 16.6. The molecule has 0 spiro atoms. The molecule has 2 N–H and O–H groups in total. The lowest BCUT2D eigenvalue weighted by atomic mass is 10.2. The summed E-state index contributed by atoms with van der Waals surface area (Å²) in [6.07, 6.45) is 2.76. The fourth-order valence-corrected chi connectivity index (χ4v) is 2.72. The molecule has 0 radical (unpaired) electrons. The van der Waals surface area contributed by atoms with E-state index >= 15 is 0 Å². The highest BCUT2D eigenvalue weighted by molar-refractivity contribution is 6.09. The smallest absolute Gasteiger partial charge is 0.308 e. The van der Waals surface area contributed by atoms with Gasteiger partial charge in [0.1, 0.15) is 11.6 Å². The van der Waals surface area contributed by atoms with E-state index in [1.807, 2.05) is 0 Å². The van der Waals surface area contributed by atoms with Crippen LogP contribution >= 0.6 is 0 Å². The molecule has 156 valence electrons. The molecule has 0 aliphatic heterocycles. The van der Waals surface area contributed by atoms with Crippen LogP contribution in [0.2, 0.25) is 0 Å². The zero-order chi connectivity index (χ0) is 22.2. The number of amides is 2. The van der Waals surface area contributed by atoms with Crippen molar-refractivity contribution in [2.75, 3.05) is 10.6 Å². The van der Waals surface area contributed by atoms with Crippen molar-refractivity contribution in [2.45, 2.75) is 6.92 Å². The average Bonchev–Trinajstić information content (AvgIpc) is 2.73. The molecule has 0 aliphatic carbocycles. The molecule has 0 bridgehead atoms. The van der Waals surface area contributed by atoms with E-state index in [0.717, 1.165) is 0 Å². The van der Waals surface area contributed by atoms with Gasteiger partial charge in [0, 0.05) is 18.6 Å². The van der Waals surface area contributed by atoms with Gasteiger partial charge in [0.2, 0.25) is 5.91 Å². The van der Waals surface area contributed by atoms with Gasteiger partial charge in [-0.3, -0.25) is 14.4 Å². The van der Waals surface area contributed by atoms with Crippen LogP contribution in [-0.4, -0.2) is 17.8 Å². The maximum atomic E-state index is 13.2. The maximum Gasteiger partial charge on any atom is 0.308 e. The standard InChI is InChI=1S/C24H19FN2O4/c1-16(28)31-20-9-5-7-18(15-20)24(30)27-22-11-3-2-10-21(22)26-23(29)13-12-17-6-4-8-19(25)14-17/h2-15H,1H3,(H,26,29)(H,27,30)/b13-12+. The van der Waals surface area contributed by atoms with E-state index in [-0.39, 0.29) is 11.3 Å². The normalized spacial score (nSPS) is 10.5. The number of para-hydroxylation sites is 2. The molecule has 2 amide bonds. The molecule has 0 aliphatic rings. The second-order valence-corrected chi connectivity index (χ2v) is 6.50. The largest absolute Gasteiger partial charge is 0.427 e. The van der Waals surface area contributed by atoms with Gasteiger partial charge in [-0.05, 0) is 54.1 Å². The molecule has 0 unspecified atom stereocenters. The monoisotopic (exact) mass is 418 g/mol. The lowest BCUT2D eigenvalue weighted by Crippen LogP contribution is -2.15. The third kappa shape index (κ3) is 6.37. The first-order valence-corrected chi connectivity index (χ1v) is 9.34. The highest BCUT2D eigenvalue weighted by atomic mass is 19.1. The van der Waals surface area contributed by atoms with Gasteiger partial charge < -0.3 is 15.4 Å². The number of ether oxygens (including phenoxy) is 1. The molecule has 0 fully saturated rings. The highest BCUT2D eigenvalue weighted by Crippen LogP contribution is 2.23.